The van der Waals surface area contributed by atoms with Crippen molar-refractivity contribution in [2.75, 3.05) is 0 Å². The number of hydrogen-bond acceptors (Lipinski definition) is 2. The Balaban J connectivity index is 1.82. The molecule has 2 amide bonds. The SMILES string of the molecule is CC(C)(C)c1ccc(C(=O)NC(NC(=O)c2ccc(C(C)(C)C)cc2)c2ccc(F)cc2)cc1. The first kappa shape index (κ1) is 25.2. The predicted octanol–water partition coefficient (Wildman–Crippen LogP) is 6.28. The lowest BCUT2D eigenvalue weighted by Gasteiger charge is -2.22. The van der Waals surface area contributed by atoms with Crippen molar-refractivity contribution in [2.45, 2.75) is 58.5 Å². The molecule has 0 aromatic heterocycles. The van der Waals surface area contributed by atoms with Crippen LogP contribution in [0.15, 0.2) is 72.8 Å². The summed E-state index contributed by atoms with van der Waals surface area (Å²) in [6, 6.07) is 20.5. The van der Waals surface area contributed by atoms with Gasteiger partial charge in [0, 0.05) is 11.1 Å². The van der Waals surface area contributed by atoms with E-state index in [9.17, 15) is 14.0 Å². The first-order chi connectivity index (χ1) is 15.8. The van der Waals surface area contributed by atoms with Crippen molar-refractivity contribution in [3.8, 4) is 0 Å². The van der Waals surface area contributed by atoms with Crippen LogP contribution in [0, 0.1) is 5.82 Å². The van der Waals surface area contributed by atoms with Crippen LogP contribution in [0.25, 0.3) is 0 Å². The molecule has 3 aromatic rings. The van der Waals surface area contributed by atoms with E-state index >= 15 is 0 Å². The fourth-order valence-electron chi connectivity index (χ4n) is 3.53. The minimum Gasteiger partial charge on any atom is -0.328 e. The van der Waals surface area contributed by atoms with Crippen molar-refractivity contribution < 1.29 is 14.0 Å². The molecule has 0 unspecified atom stereocenters. The molecule has 3 aromatic carbocycles. The molecule has 3 rings (SSSR count). The zero-order valence-corrected chi connectivity index (χ0v) is 20.7. The van der Waals surface area contributed by atoms with Crippen LogP contribution in [-0.4, -0.2) is 11.8 Å². The van der Waals surface area contributed by atoms with Gasteiger partial charge >= 0.3 is 0 Å². The molecule has 4 nitrogen and oxygen atoms in total. The van der Waals surface area contributed by atoms with Crippen LogP contribution in [0.5, 0.6) is 0 Å². The molecule has 0 atom stereocenters. The maximum Gasteiger partial charge on any atom is 0.253 e. The van der Waals surface area contributed by atoms with Crippen molar-refractivity contribution in [1.82, 2.24) is 10.6 Å². The molecule has 2 N–H and O–H groups in total. The van der Waals surface area contributed by atoms with Gasteiger partial charge in [-0.3, -0.25) is 9.59 Å². The van der Waals surface area contributed by atoms with E-state index in [0.717, 1.165) is 11.1 Å². The zero-order chi connectivity index (χ0) is 25.1. The number of rotatable bonds is 5. The normalized spacial score (nSPS) is 11.9. The van der Waals surface area contributed by atoms with Gasteiger partial charge < -0.3 is 10.6 Å². The van der Waals surface area contributed by atoms with Crippen LogP contribution in [0.2, 0.25) is 0 Å². The number of carbonyl (C=O) groups excluding carboxylic acids is 2. The highest BCUT2D eigenvalue weighted by Crippen LogP contribution is 2.24. The lowest BCUT2D eigenvalue weighted by molar-refractivity contribution is 0.0883. The molecule has 0 aliphatic rings. The maximum absolute atomic E-state index is 13.5. The third-order valence-corrected chi connectivity index (χ3v) is 5.78. The average Bonchev–Trinajstić information content (AvgIpc) is 2.78. The summed E-state index contributed by atoms with van der Waals surface area (Å²) in [5.74, 6) is -1.06. The van der Waals surface area contributed by atoms with E-state index in [1.807, 2.05) is 24.3 Å². The number of benzene rings is 3. The summed E-state index contributed by atoms with van der Waals surface area (Å²) < 4.78 is 13.5. The summed E-state index contributed by atoms with van der Waals surface area (Å²) in [6.07, 6.45) is -0.829. The molecule has 0 saturated carbocycles. The van der Waals surface area contributed by atoms with Crippen molar-refractivity contribution in [1.29, 1.82) is 0 Å². The Morgan fingerprint density at radius 2 is 0.971 bits per heavy atom. The summed E-state index contributed by atoms with van der Waals surface area (Å²) in [4.78, 5) is 26.0. The van der Waals surface area contributed by atoms with Gasteiger partial charge in [0.25, 0.3) is 11.8 Å². The standard InChI is InChI=1S/C29H33FN2O2/c1-28(2,3)22-13-7-20(8-14-22)26(33)31-25(19-11-17-24(30)18-12-19)32-27(34)21-9-15-23(16-10-21)29(4,5)6/h7-18,25H,1-6H3,(H,31,33)(H,32,34). The zero-order valence-electron chi connectivity index (χ0n) is 20.7. The Hall–Kier alpha value is -3.47. The highest BCUT2D eigenvalue weighted by atomic mass is 19.1. The van der Waals surface area contributed by atoms with Gasteiger partial charge in [-0.15, -0.1) is 0 Å². The first-order valence-electron chi connectivity index (χ1n) is 11.4. The van der Waals surface area contributed by atoms with Crippen LogP contribution in [0.3, 0.4) is 0 Å². The van der Waals surface area contributed by atoms with E-state index in [1.54, 1.807) is 36.4 Å². The van der Waals surface area contributed by atoms with Gasteiger partial charge in [-0.2, -0.15) is 0 Å². The van der Waals surface area contributed by atoms with Crippen LogP contribution in [-0.2, 0) is 10.8 Å². The van der Waals surface area contributed by atoms with Crippen LogP contribution in [0.4, 0.5) is 4.39 Å². The molecule has 0 saturated heterocycles. The second-order valence-electron chi connectivity index (χ2n) is 10.6. The quantitative estimate of drug-likeness (QED) is 0.440. The largest absolute Gasteiger partial charge is 0.328 e. The van der Waals surface area contributed by atoms with Crippen molar-refractivity contribution >= 4 is 11.8 Å². The molecule has 5 heteroatoms. The summed E-state index contributed by atoms with van der Waals surface area (Å²) in [7, 11) is 0. The molecule has 34 heavy (non-hydrogen) atoms. The highest BCUT2D eigenvalue weighted by Gasteiger charge is 2.21. The maximum atomic E-state index is 13.5. The smallest absolute Gasteiger partial charge is 0.253 e. The molecule has 0 heterocycles. The average molecular weight is 461 g/mol. The minimum atomic E-state index is -0.829. The summed E-state index contributed by atoms with van der Waals surface area (Å²) in [5, 5.41) is 5.74. The number of hydrogen-bond donors (Lipinski definition) is 2. The van der Waals surface area contributed by atoms with Crippen LogP contribution >= 0.6 is 0 Å². The monoisotopic (exact) mass is 460 g/mol. The Bertz CT molecular complexity index is 1070. The van der Waals surface area contributed by atoms with E-state index in [4.69, 9.17) is 0 Å². The molecule has 0 aliphatic heterocycles. The van der Waals surface area contributed by atoms with Gasteiger partial charge in [0.05, 0.1) is 0 Å². The van der Waals surface area contributed by atoms with E-state index in [-0.39, 0.29) is 22.6 Å². The second-order valence-corrected chi connectivity index (χ2v) is 10.6. The minimum absolute atomic E-state index is 0.0256. The van der Waals surface area contributed by atoms with Crippen molar-refractivity contribution in [2.24, 2.45) is 0 Å². The summed E-state index contributed by atoms with van der Waals surface area (Å²) >= 11 is 0. The topological polar surface area (TPSA) is 58.2 Å². The summed E-state index contributed by atoms with van der Waals surface area (Å²) in [5.41, 5.74) is 3.70. The lowest BCUT2D eigenvalue weighted by atomic mass is 9.86. The number of nitrogens with one attached hydrogen (secondary N) is 2. The second kappa shape index (κ2) is 9.80. The molecular weight excluding hydrogens is 427 g/mol. The molecule has 0 bridgehead atoms. The molecule has 178 valence electrons. The Labute approximate surface area is 201 Å². The third-order valence-electron chi connectivity index (χ3n) is 5.78. The Morgan fingerprint density at radius 3 is 1.29 bits per heavy atom. The molecule has 0 aliphatic carbocycles. The van der Waals surface area contributed by atoms with Gasteiger partial charge in [-0.1, -0.05) is 77.9 Å². The lowest BCUT2D eigenvalue weighted by Crippen LogP contribution is -2.41. The van der Waals surface area contributed by atoms with Crippen molar-refractivity contribution in [3.05, 3.63) is 106 Å². The van der Waals surface area contributed by atoms with E-state index in [0.29, 0.717) is 16.7 Å². The fourth-order valence-corrected chi connectivity index (χ4v) is 3.53. The fraction of sp³-hybridized carbons (Fsp3) is 0.310. The van der Waals surface area contributed by atoms with E-state index in [1.165, 1.54) is 12.1 Å². The first-order valence-corrected chi connectivity index (χ1v) is 11.4. The molecule has 0 radical (unpaired) electrons. The third kappa shape index (κ3) is 6.31. The number of carbonyl (C=O) groups is 2. The Morgan fingerprint density at radius 1 is 0.618 bits per heavy atom. The van der Waals surface area contributed by atoms with Gasteiger partial charge in [0.15, 0.2) is 0 Å². The van der Waals surface area contributed by atoms with Gasteiger partial charge in [-0.05, 0) is 63.9 Å². The predicted molar refractivity (Wildman–Crippen MR) is 134 cm³/mol. The van der Waals surface area contributed by atoms with Gasteiger partial charge in [0.1, 0.15) is 12.0 Å². The number of halogens is 1. The van der Waals surface area contributed by atoms with Crippen LogP contribution in [0.1, 0.15) is 85.1 Å². The molecule has 0 spiro atoms. The Kier molecular flexibility index (Phi) is 7.25. The molecule has 0 fully saturated rings. The van der Waals surface area contributed by atoms with Gasteiger partial charge in [0.2, 0.25) is 0 Å². The van der Waals surface area contributed by atoms with E-state index in [2.05, 4.69) is 52.2 Å². The van der Waals surface area contributed by atoms with E-state index < -0.39 is 12.0 Å². The molecular formula is C29H33FN2O2. The highest BCUT2D eigenvalue weighted by molar-refractivity contribution is 5.97. The number of amides is 2. The van der Waals surface area contributed by atoms with Gasteiger partial charge in [-0.25, -0.2) is 4.39 Å². The summed E-state index contributed by atoms with van der Waals surface area (Å²) in [6.45, 7) is 12.6. The van der Waals surface area contributed by atoms with Crippen molar-refractivity contribution in [3.63, 3.8) is 0 Å². The van der Waals surface area contributed by atoms with Crippen LogP contribution < -0.4 is 10.6 Å².